The first-order chi connectivity index (χ1) is 8.24. The summed E-state index contributed by atoms with van der Waals surface area (Å²) in [5.41, 5.74) is 0. The predicted molar refractivity (Wildman–Crippen MR) is 84.1 cm³/mol. The molecule has 0 saturated carbocycles. The molecule has 1 aromatic heterocycles. The van der Waals surface area contributed by atoms with E-state index in [1.807, 2.05) is 0 Å². The molecule has 2 aliphatic rings. The maximum absolute atomic E-state index is 6.11. The van der Waals surface area contributed by atoms with Crippen molar-refractivity contribution >= 4 is 51.3 Å². The van der Waals surface area contributed by atoms with Crippen LogP contribution in [0.1, 0.15) is 24.1 Å². The molecule has 2 aliphatic heterocycles. The summed E-state index contributed by atoms with van der Waals surface area (Å²) < 4.78 is 1.92. The minimum Gasteiger partial charge on any atom is -0.315 e. The number of rotatable bonds is 2. The van der Waals surface area contributed by atoms with Gasteiger partial charge in [0.2, 0.25) is 0 Å². The SMILES string of the molecule is Cl.Clc1sc(CN2C3CCNCC2CC3)cc1Br. The third-order valence-corrected chi connectivity index (χ3v) is 6.30. The van der Waals surface area contributed by atoms with Crippen molar-refractivity contribution in [3.05, 3.63) is 19.8 Å². The fraction of sp³-hybridized carbons (Fsp3) is 0.667. The number of halogens is 3. The van der Waals surface area contributed by atoms with Crippen LogP contribution in [0.2, 0.25) is 4.34 Å². The molecule has 102 valence electrons. The predicted octanol–water partition coefficient (Wildman–Crippen LogP) is 3.91. The molecule has 2 fully saturated rings. The Kier molecular flexibility index (Phi) is 5.38. The highest BCUT2D eigenvalue weighted by atomic mass is 79.9. The van der Waals surface area contributed by atoms with E-state index in [2.05, 4.69) is 32.2 Å². The van der Waals surface area contributed by atoms with Crippen LogP contribution in [0.4, 0.5) is 0 Å². The monoisotopic (exact) mass is 370 g/mol. The van der Waals surface area contributed by atoms with Crippen molar-refractivity contribution in [1.29, 1.82) is 0 Å². The lowest BCUT2D eigenvalue weighted by atomic mass is 10.1. The van der Waals surface area contributed by atoms with Crippen molar-refractivity contribution in [3.8, 4) is 0 Å². The number of fused-ring (bicyclic) bond motifs is 2. The number of hydrogen-bond donors (Lipinski definition) is 1. The van der Waals surface area contributed by atoms with Gasteiger partial charge in [-0.1, -0.05) is 11.6 Å². The van der Waals surface area contributed by atoms with E-state index < -0.39 is 0 Å². The minimum absolute atomic E-state index is 0. The van der Waals surface area contributed by atoms with Crippen molar-refractivity contribution in [3.63, 3.8) is 0 Å². The van der Waals surface area contributed by atoms with Crippen molar-refractivity contribution in [2.24, 2.45) is 0 Å². The largest absolute Gasteiger partial charge is 0.315 e. The van der Waals surface area contributed by atoms with Crippen LogP contribution in [0.3, 0.4) is 0 Å². The van der Waals surface area contributed by atoms with E-state index in [-0.39, 0.29) is 12.4 Å². The molecule has 0 amide bonds. The van der Waals surface area contributed by atoms with Crippen LogP contribution >= 0.6 is 51.3 Å². The van der Waals surface area contributed by atoms with Crippen LogP contribution < -0.4 is 5.32 Å². The first-order valence-corrected chi connectivity index (χ1v) is 8.13. The van der Waals surface area contributed by atoms with E-state index in [4.69, 9.17) is 11.6 Å². The topological polar surface area (TPSA) is 15.3 Å². The van der Waals surface area contributed by atoms with Gasteiger partial charge in [0.25, 0.3) is 0 Å². The lowest BCUT2D eigenvalue weighted by Crippen LogP contribution is -2.37. The average Bonchev–Trinajstić information content (AvgIpc) is 2.69. The number of nitrogens with zero attached hydrogens (tertiary/aromatic N) is 1. The highest BCUT2D eigenvalue weighted by Gasteiger charge is 2.34. The lowest BCUT2D eigenvalue weighted by molar-refractivity contribution is 0.195. The molecule has 0 spiro atoms. The van der Waals surface area contributed by atoms with Gasteiger partial charge >= 0.3 is 0 Å². The first-order valence-electron chi connectivity index (χ1n) is 6.14. The van der Waals surface area contributed by atoms with Crippen LogP contribution in [-0.4, -0.2) is 30.1 Å². The van der Waals surface area contributed by atoms with Crippen molar-refractivity contribution in [2.75, 3.05) is 13.1 Å². The maximum atomic E-state index is 6.11. The van der Waals surface area contributed by atoms with Crippen molar-refractivity contribution in [1.82, 2.24) is 10.2 Å². The standard InChI is InChI=1S/C12H16BrClN2S.ClH/c13-11-5-10(17-12(11)14)7-16-8-1-2-9(16)6-15-4-3-8;/h5,8-9,15H,1-4,6-7H2;1H. The van der Waals surface area contributed by atoms with Crippen LogP contribution in [0, 0.1) is 0 Å². The molecule has 0 radical (unpaired) electrons. The quantitative estimate of drug-likeness (QED) is 0.847. The Morgan fingerprint density at radius 1 is 1.39 bits per heavy atom. The molecule has 1 aromatic rings. The Morgan fingerprint density at radius 3 is 2.89 bits per heavy atom. The van der Waals surface area contributed by atoms with E-state index in [0.29, 0.717) is 0 Å². The Bertz CT molecular complexity index is 379. The lowest BCUT2D eigenvalue weighted by Gasteiger charge is -2.26. The number of nitrogens with one attached hydrogen (secondary N) is 1. The Morgan fingerprint density at radius 2 is 2.17 bits per heavy atom. The molecule has 2 saturated heterocycles. The molecule has 3 rings (SSSR count). The van der Waals surface area contributed by atoms with Gasteiger partial charge in [-0.15, -0.1) is 23.7 Å². The third-order valence-electron chi connectivity index (χ3n) is 3.84. The zero-order valence-corrected chi connectivity index (χ0v) is 14.0. The summed E-state index contributed by atoms with van der Waals surface area (Å²) in [5.74, 6) is 0. The molecule has 2 bridgehead atoms. The van der Waals surface area contributed by atoms with Crippen molar-refractivity contribution in [2.45, 2.75) is 37.9 Å². The summed E-state index contributed by atoms with van der Waals surface area (Å²) in [5, 5.41) is 3.54. The average molecular weight is 372 g/mol. The first kappa shape index (κ1) is 15.1. The summed E-state index contributed by atoms with van der Waals surface area (Å²) in [6.45, 7) is 3.39. The highest BCUT2D eigenvalue weighted by Crippen LogP contribution is 2.35. The second-order valence-corrected chi connectivity index (χ2v) is 7.48. The number of hydrogen-bond acceptors (Lipinski definition) is 3. The molecular weight excluding hydrogens is 355 g/mol. The Balaban J connectivity index is 0.00000120. The van der Waals surface area contributed by atoms with E-state index in [9.17, 15) is 0 Å². The fourth-order valence-electron chi connectivity index (χ4n) is 2.99. The van der Waals surface area contributed by atoms with Gasteiger partial charge in [0, 0.05) is 34.5 Å². The van der Waals surface area contributed by atoms with E-state index >= 15 is 0 Å². The van der Waals surface area contributed by atoms with Gasteiger partial charge in [-0.25, -0.2) is 0 Å². The summed E-state index contributed by atoms with van der Waals surface area (Å²) in [4.78, 5) is 4.05. The van der Waals surface area contributed by atoms with Gasteiger partial charge in [-0.2, -0.15) is 0 Å². The highest BCUT2D eigenvalue weighted by molar-refractivity contribution is 9.10. The van der Waals surface area contributed by atoms with E-state index in [1.54, 1.807) is 11.3 Å². The third kappa shape index (κ3) is 3.05. The minimum atomic E-state index is 0. The molecule has 18 heavy (non-hydrogen) atoms. The molecule has 3 heterocycles. The Labute approximate surface area is 132 Å². The molecule has 2 atom stereocenters. The van der Waals surface area contributed by atoms with E-state index in [0.717, 1.165) is 34.0 Å². The van der Waals surface area contributed by atoms with Crippen LogP contribution in [-0.2, 0) is 6.54 Å². The summed E-state index contributed by atoms with van der Waals surface area (Å²) >= 11 is 11.3. The van der Waals surface area contributed by atoms with Gasteiger partial charge in [0.05, 0.1) is 0 Å². The molecule has 1 N–H and O–H groups in total. The Hall–Kier alpha value is 0.680. The summed E-state index contributed by atoms with van der Waals surface area (Å²) in [6.07, 6.45) is 4.00. The number of thiophene rings is 1. The van der Waals surface area contributed by atoms with Crippen LogP contribution in [0.25, 0.3) is 0 Å². The molecule has 6 heteroatoms. The van der Waals surface area contributed by atoms with Gasteiger partial charge in [0.15, 0.2) is 0 Å². The second-order valence-electron chi connectivity index (χ2n) is 4.88. The summed E-state index contributed by atoms with van der Waals surface area (Å²) in [7, 11) is 0. The zero-order valence-electron chi connectivity index (χ0n) is 9.99. The van der Waals surface area contributed by atoms with Gasteiger partial charge in [0.1, 0.15) is 4.34 Å². The fourth-order valence-corrected chi connectivity index (χ4v) is 4.79. The molecular formula is C12H17BrCl2N2S. The van der Waals surface area contributed by atoms with Gasteiger partial charge < -0.3 is 5.32 Å². The molecule has 0 aromatic carbocycles. The van der Waals surface area contributed by atoms with Gasteiger partial charge in [-0.05, 0) is 47.8 Å². The smallest absolute Gasteiger partial charge is 0.107 e. The van der Waals surface area contributed by atoms with Crippen LogP contribution in [0.15, 0.2) is 10.5 Å². The van der Waals surface area contributed by atoms with Gasteiger partial charge in [-0.3, -0.25) is 4.90 Å². The molecule has 2 unspecified atom stereocenters. The zero-order chi connectivity index (χ0) is 11.8. The molecule has 2 nitrogen and oxygen atoms in total. The second kappa shape index (κ2) is 6.42. The van der Waals surface area contributed by atoms with Crippen molar-refractivity contribution < 1.29 is 0 Å². The van der Waals surface area contributed by atoms with E-state index in [1.165, 1.54) is 30.7 Å². The molecule has 0 aliphatic carbocycles. The summed E-state index contributed by atoms with van der Waals surface area (Å²) in [6, 6.07) is 3.67. The van der Waals surface area contributed by atoms with Crippen LogP contribution in [0.5, 0.6) is 0 Å². The maximum Gasteiger partial charge on any atom is 0.107 e. The normalized spacial score (nSPS) is 27.9.